The highest BCUT2D eigenvalue weighted by atomic mass is 35.5. The number of rotatable bonds is 2. The Bertz CT molecular complexity index is 308. The molecule has 14 heavy (non-hydrogen) atoms. The zero-order chi connectivity index (χ0) is 10.1. The van der Waals surface area contributed by atoms with Crippen molar-refractivity contribution < 1.29 is 0 Å². The molecule has 1 aliphatic rings. The van der Waals surface area contributed by atoms with Gasteiger partial charge in [0.05, 0.1) is 5.38 Å². The topological polar surface area (TPSA) is 41.6 Å². The number of H-pyrrole nitrogens is 1. The van der Waals surface area contributed by atoms with Crippen molar-refractivity contribution in [3.63, 3.8) is 0 Å². The molecule has 1 aliphatic carbocycles. The average Bonchev–Trinajstić information content (AvgIpc) is 2.71. The van der Waals surface area contributed by atoms with Gasteiger partial charge >= 0.3 is 0 Å². The van der Waals surface area contributed by atoms with Crippen molar-refractivity contribution in [2.45, 2.75) is 44.4 Å². The van der Waals surface area contributed by atoms with Crippen LogP contribution < -0.4 is 0 Å². The largest absolute Gasteiger partial charge is 0.263 e. The van der Waals surface area contributed by atoms with Crippen LogP contribution in [0.2, 0.25) is 0 Å². The molecule has 0 spiro atoms. The number of aromatic amines is 1. The van der Waals surface area contributed by atoms with Crippen molar-refractivity contribution in [2.24, 2.45) is 5.92 Å². The van der Waals surface area contributed by atoms with Gasteiger partial charge in [0.25, 0.3) is 0 Å². The Kier molecular flexibility index (Phi) is 2.77. The number of hydrogen-bond donors (Lipinski definition) is 1. The number of hydrogen-bond acceptors (Lipinski definition) is 2. The van der Waals surface area contributed by atoms with E-state index in [-0.39, 0.29) is 5.38 Å². The fourth-order valence-electron chi connectivity index (χ4n) is 2.18. The predicted molar refractivity (Wildman–Crippen MR) is 56.4 cm³/mol. The van der Waals surface area contributed by atoms with E-state index in [0.29, 0.717) is 5.92 Å². The van der Waals surface area contributed by atoms with E-state index in [2.05, 4.69) is 22.1 Å². The fraction of sp³-hybridized carbons (Fsp3) is 0.800. The van der Waals surface area contributed by atoms with Crippen LogP contribution in [0.1, 0.15) is 56.1 Å². The van der Waals surface area contributed by atoms with Gasteiger partial charge < -0.3 is 0 Å². The molecule has 3 unspecified atom stereocenters. The van der Waals surface area contributed by atoms with E-state index in [0.717, 1.165) is 17.6 Å². The molecule has 78 valence electrons. The third-order valence-corrected chi connectivity index (χ3v) is 3.28. The zero-order valence-corrected chi connectivity index (χ0v) is 9.38. The molecule has 3 atom stereocenters. The second kappa shape index (κ2) is 3.89. The van der Waals surface area contributed by atoms with Crippen LogP contribution in [-0.2, 0) is 0 Å². The van der Waals surface area contributed by atoms with Crippen LogP contribution in [0.5, 0.6) is 0 Å². The molecule has 1 fully saturated rings. The van der Waals surface area contributed by atoms with Gasteiger partial charge in [0, 0.05) is 5.92 Å². The highest BCUT2D eigenvalue weighted by Crippen LogP contribution is 2.37. The van der Waals surface area contributed by atoms with E-state index < -0.39 is 0 Å². The molecule has 0 radical (unpaired) electrons. The highest BCUT2D eigenvalue weighted by Gasteiger charge is 2.27. The smallest absolute Gasteiger partial charge is 0.168 e. The molecule has 0 aliphatic heterocycles. The van der Waals surface area contributed by atoms with Crippen LogP contribution in [-0.4, -0.2) is 15.2 Å². The third kappa shape index (κ3) is 1.78. The van der Waals surface area contributed by atoms with Gasteiger partial charge in [0.1, 0.15) is 5.82 Å². The summed E-state index contributed by atoms with van der Waals surface area (Å²) in [5.74, 6) is 3.03. The average molecular weight is 214 g/mol. The molecule has 1 saturated carbocycles. The zero-order valence-electron chi connectivity index (χ0n) is 8.63. The van der Waals surface area contributed by atoms with E-state index in [1.807, 2.05) is 6.92 Å². The summed E-state index contributed by atoms with van der Waals surface area (Å²) in [5, 5.41) is 7.04. The minimum atomic E-state index is -0.100. The second-order valence-corrected chi connectivity index (χ2v) is 4.86. The Labute approximate surface area is 89.3 Å². The van der Waals surface area contributed by atoms with E-state index in [1.54, 1.807) is 0 Å². The maximum Gasteiger partial charge on any atom is 0.168 e. The van der Waals surface area contributed by atoms with Crippen molar-refractivity contribution >= 4 is 11.6 Å². The lowest BCUT2D eigenvalue weighted by Crippen LogP contribution is -2.04. The SMILES string of the molecule is CC(Cl)c1n[nH]c(C2CCCC2C)n1. The molecule has 3 nitrogen and oxygen atoms in total. The second-order valence-electron chi connectivity index (χ2n) is 4.21. The Morgan fingerprint density at radius 2 is 2.29 bits per heavy atom. The van der Waals surface area contributed by atoms with Crippen molar-refractivity contribution in [3.8, 4) is 0 Å². The number of nitrogens with zero attached hydrogens (tertiary/aromatic N) is 2. The first kappa shape index (κ1) is 9.97. The lowest BCUT2D eigenvalue weighted by Gasteiger charge is -2.10. The van der Waals surface area contributed by atoms with Crippen LogP contribution in [0.3, 0.4) is 0 Å². The third-order valence-electron chi connectivity index (χ3n) is 3.09. The number of alkyl halides is 1. The highest BCUT2D eigenvalue weighted by molar-refractivity contribution is 6.20. The number of nitrogens with one attached hydrogen (secondary N) is 1. The molecule has 1 aromatic rings. The Morgan fingerprint density at radius 3 is 2.79 bits per heavy atom. The molecular formula is C10H16ClN3. The Hall–Kier alpha value is -0.570. The fourth-order valence-corrected chi connectivity index (χ4v) is 2.28. The molecule has 1 N–H and O–H groups in total. The number of halogens is 1. The van der Waals surface area contributed by atoms with Gasteiger partial charge in [-0.05, 0) is 25.7 Å². The summed E-state index contributed by atoms with van der Waals surface area (Å²) >= 11 is 5.91. The summed E-state index contributed by atoms with van der Waals surface area (Å²) < 4.78 is 0. The molecule has 2 rings (SSSR count). The van der Waals surface area contributed by atoms with Gasteiger partial charge in [0.15, 0.2) is 5.82 Å². The summed E-state index contributed by atoms with van der Waals surface area (Å²) in [5.41, 5.74) is 0. The maximum atomic E-state index is 5.91. The van der Waals surface area contributed by atoms with Gasteiger partial charge in [0.2, 0.25) is 0 Å². The number of aromatic nitrogens is 3. The van der Waals surface area contributed by atoms with Crippen LogP contribution in [0.25, 0.3) is 0 Å². The first-order valence-electron chi connectivity index (χ1n) is 5.24. The molecule has 0 amide bonds. The lowest BCUT2D eigenvalue weighted by atomic mass is 9.98. The van der Waals surface area contributed by atoms with Crippen LogP contribution in [0.4, 0.5) is 0 Å². The van der Waals surface area contributed by atoms with Crippen molar-refractivity contribution in [1.29, 1.82) is 0 Å². The van der Waals surface area contributed by atoms with Gasteiger partial charge in [-0.2, -0.15) is 5.10 Å². The van der Waals surface area contributed by atoms with Crippen LogP contribution >= 0.6 is 11.6 Å². The Balaban J connectivity index is 2.16. The molecular weight excluding hydrogens is 198 g/mol. The summed E-state index contributed by atoms with van der Waals surface area (Å²) in [6, 6.07) is 0. The van der Waals surface area contributed by atoms with Crippen LogP contribution in [0, 0.1) is 5.92 Å². The standard InChI is InChI=1S/C10H16ClN3/c1-6-4-3-5-8(6)10-12-9(7(2)11)13-14-10/h6-8H,3-5H2,1-2H3,(H,12,13,14). The molecule has 4 heteroatoms. The van der Waals surface area contributed by atoms with Gasteiger partial charge in [-0.1, -0.05) is 13.3 Å². The molecule has 0 aromatic carbocycles. The summed E-state index contributed by atoms with van der Waals surface area (Å²) in [6.07, 6.45) is 3.84. The van der Waals surface area contributed by atoms with Crippen molar-refractivity contribution in [3.05, 3.63) is 11.6 Å². The van der Waals surface area contributed by atoms with E-state index in [9.17, 15) is 0 Å². The van der Waals surface area contributed by atoms with E-state index in [4.69, 9.17) is 11.6 Å². The lowest BCUT2D eigenvalue weighted by molar-refractivity contribution is 0.511. The monoisotopic (exact) mass is 213 g/mol. The van der Waals surface area contributed by atoms with E-state index >= 15 is 0 Å². The van der Waals surface area contributed by atoms with Crippen molar-refractivity contribution in [2.75, 3.05) is 0 Å². The summed E-state index contributed by atoms with van der Waals surface area (Å²) in [4.78, 5) is 4.44. The minimum Gasteiger partial charge on any atom is -0.263 e. The van der Waals surface area contributed by atoms with Gasteiger partial charge in [-0.3, -0.25) is 5.10 Å². The quantitative estimate of drug-likeness (QED) is 0.768. The van der Waals surface area contributed by atoms with Gasteiger partial charge in [-0.15, -0.1) is 11.6 Å². The minimum absolute atomic E-state index is 0.100. The predicted octanol–water partition coefficient (Wildman–Crippen LogP) is 3.01. The maximum absolute atomic E-state index is 5.91. The van der Waals surface area contributed by atoms with Crippen molar-refractivity contribution in [1.82, 2.24) is 15.2 Å². The first-order valence-corrected chi connectivity index (χ1v) is 5.68. The Morgan fingerprint density at radius 1 is 1.50 bits per heavy atom. The molecule has 1 aromatic heterocycles. The molecule has 1 heterocycles. The molecule has 0 bridgehead atoms. The van der Waals surface area contributed by atoms with Crippen LogP contribution in [0.15, 0.2) is 0 Å². The normalized spacial score (nSPS) is 29.4. The van der Waals surface area contributed by atoms with E-state index in [1.165, 1.54) is 19.3 Å². The summed E-state index contributed by atoms with van der Waals surface area (Å²) in [6.45, 7) is 4.18. The van der Waals surface area contributed by atoms with Gasteiger partial charge in [-0.25, -0.2) is 4.98 Å². The summed E-state index contributed by atoms with van der Waals surface area (Å²) in [7, 11) is 0. The first-order chi connectivity index (χ1) is 6.68. The molecule has 0 saturated heterocycles.